The maximum absolute atomic E-state index is 13.4. The van der Waals surface area contributed by atoms with E-state index in [9.17, 15) is 18.0 Å². The summed E-state index contributed by atoms with van der Waals surface area (Å²) in [6.45, 7) is 0. The number of thioether (sulfide) groups is 1. The van der Waals surface area contributed by atoms with Crippen molar-refractivity contribution in [1.29, 1.82) is 0 Å². The van der Waals surface area contributed by atoms with Crippen LogP contribution in [-0.4, -0.2) is 41.8 Å². The number of nitrogens with zero attached hydrogens (tertiary/aromatic N) is 4. The predicted octanol–water partition coefficient (Wildman–Crippen LogP) is 5.74. The first-order valence-electron chi connectivity index (χ1n) is 13.4. The van der Waals surface area contributed by atoms with Crippen LogP contribution in [0.3, 0.4) is 0 Å². The van der Waals surface area contributed by atoms with E-state index in [-0.39, 0.29) is 34.0 Å². The van der Waals surface area contributed by atoms with Crippen LogP contribution in [-0.2, 0) is 21.2 Å². The van der Waals surface area contributed by atoms with Gasteiger partial charge >= 0.3 is 0 Å². The number of amides is 2. The SMILES string of the molecule is O=C1CCSC(=NS(=O)(=O)c2ccc(N3N=C4c5ccccc5CC4C3c3cccs3)cc2)N1C(=O)c1ccccc1. The fraction of sp³-hybridized carbons (Fsp3) is 0.161. The first-order chi connectivity index (χ1) is 20.4. The summed E-state index contributed by atoms with van der Waals surface area (Å²) in [5.41, 5.74) is 4.55. The molecule has 8 nitrogen and oxygen atoms in total. The average Bonchev–Trinajstić information content (AvgIpc) is 3.74. The number of hydrogen-bond acceptors (Lipinski definition) is 8. The smallest absolute Gasteiger partial charge is 0.274 e. The first kappa shape index (κ1) is 26.8. The number of carbonyl (C=O) groups excluding carboxylic acids is 2. The number of benzene rings is 3. The lowest BCUT2D eigenvalue weighted by Gasteiger charge is -2.27. The molecule has 11 heteroatoms. The number of anilines is 1. The summed E-state index contributed by atoms with van der Waals surface area (Å²) in [4.78, 5) is 27.9. The Labute approximate surface area is 251 Å². The van der Waals surface area contributed by atoms with Crippen molar-refractivity contribution in [2.75, 3.05) is 10.8 Å². The number of imide groups is 1. The van der Waals surface area contributed by atoms with Crippen LogP contribution in [0.2, 0.25) is 0 Å². The molecule has 0 N–H and O–H groups in total. The second kappa shape index (κ2) is 10.6. The molecule has 3 aliphatic rings. The fourth-order valence-corrected chi connectivity index (χ4v) is 8.66. The lowest BCUT2D eigenvalue weighted by Crippen LogP contribution is -2.43. The molecule has 4 aromatic rings. The van der Waals surface area contributed by atoms with Gasteiger partial charge in [-0.05, 0) is 59.8 Å². The van der Waals surface area contributed by atoms with Gasteiger partial charge < -0.3 is 0 Å². The van der Waals surface area contributed by atoms with Gasteiger partial charge in [0.1, 0.15) is 0 Å². The molecule has 3 aromatic carbocycles. The maximum Gasteiger partial charge on any atom is 0.284 e. The predicted molar refractivity (Wildman–Crippen MR) is 165 cm³/mol. The Kier molecular flexibility index (Phi) is 6.80. The summed E-state index contributed by atoms with van der Waals surface area (Å²) in [7, 11) is -4.22. The van der Waals surface area contributed by atoms with Gasteiger partial charge in [0.25, 0.3) is 15.9 Å². The van der Waals surface area contributed by atoms with Crippen LogP contribution in [0.15, 0.2) is 111 Å². The van der Waals surface area contributed by atoms with E-state index in [2.05, 4.69) is 34.0 Å². The highest BCUT2D eigenvalue weighted by Crippen LogP contribution is 2.47. The molecular formula is C31H24N4O4S3. The van der Waals surface area contributed by atoms with Gasteiger partial charge in [0.15, 0.2) is 5.17 Å². The summed E-state index contributed by atoms with van der Waals surface area (Å²) in [5.74, 6) is -0.539. The molecule has 210 valence electrons. The lowest BCUT2D eigenvalue weighted by atomic mass is 9.94. The van der Waals surface area contributed by atoms with Crippen LogP contribution in [0.5, 0.6) is 0 Å². The molecule has 2 atom stereocenters. The standard InChI is InChI=1S/C31H24N4O4S3/c36-27-16-18-41-31(34(27)30(37)20-7-2-1-3-8-20)33-42(38,39)23-14-12-22(13-15-23)35-29(26-11-6-17-40-26)25-19-21-9-4-5-10-24(21)28(25)32-35/h1-15,17,25,29H,16,18-19H2. The minimum Gasteiger partial charge on any atom is -0.274 e. The van der Waals surface area contributed by atoms with Crippen LogP contribution in [0.4, 0.5) is 5.69 Å². The first-order valence-corrected chi connectivity index (χ1v) is 16.7. The zero-order valence-electron chi connectivity index (χ0n) is 22.2. The molecule has 1 aliphatic carbocycles. The van der Waals surface area contributed by atoms with Gasteiger partial charge in [-0.15, -0.1) is 15.7 Å². The van der Waals surface area contributed by atoms with Gasteiger partial charge in [0.05, 0.1) is 22.3 Å². The third-order valence-electron chi connectivity index (χ3n) is 7.59. The van der Waals surface area contributed by atoms with Crippen LogP contribution >= 0.6 is 23.1 Å². The van der Waals surface area contributed by atoms with Crippen molar-refractivity contribution in [2.45, 2.75) is 23.8 Å². The number of amidine groups is 1. The fourth-order valence-electron chi connectivity index (χ4n) is 5.63. The molecule has 1 fully saturated rings. The van der Waals surface area contributed by atoms with Gasteiger partial charge in [-0.2, -0.15) is 13.5 Å². The Morgan fingerprint density at radius 2 is 1.69 bits per heavy atom. The number of hydrazone groups is 1. The highest BCUT2D eigenvalue weighted by molar-refractivity contribution is 8.14. The Morgan fingerprint density at radius 1 is 0.929 bits per heavy atom. The molecule has 1 saturated heterocycles. The van der Waals surface area contributed by atoms with E-state index >= 15 is 0 Å². The van der Waals surface area contributed by atoms with Gasteiger partial charge in [0.2, 0.25) is 5.91 Å². The van der Waals surface area contributed by atoms with Crippen LogP contribution in [0.1, 0.15) is 38.8 Å². The summed E-state index contributed by atoms with van der Waals surface area (Å²) >= 11 is 2.76. The Bertz CT molecular complexity index is 1850. The van der Waals surface area contributed by atoms with Crippen LogP contribution < -0.4 is 5.01 Å². The number of fused-ring (bicyclic) bond motifs is 3. The van der Waals surface area contributed by atoms with E-state index in [1.165, 1.54) is 22.6 Å². The molecule has 42 heavy (non-hydrogen) atoms. The Morgan fingerprint density at radius 3 is 2.45 bits per heavy atom. The normalized spacial score (nSPS) is 20.9. The van der Waals surface area contributed by atoms with Gasteiger partial charge in [-0.3, -0.25) is 14.6 Å². The number of hydrogen-bond donors (Lipinski definition) is 0. The van der Waals surface area contributed by atoms with Gasteiger partial charge in [0, 0.05) is 34.1 Å². The largest absolute Gasteiger partial charge is 0.284 e. The molecule has 7 rings (SSSR count). The molecule has 0 radical (unpaired) electrons. The quantitative estimate of drug-likeness (QED) is 0.267. The number of sulfonamides is 1. The Hall–Kier alpha value is -4.06. The van der Waals surface area contributed by atoms with E-state index in [1.807, 2.05) is 17.1 Å². The molecule has 2 aliphatic heterocycles. The molecule has 2 amide bonds. The molecule has 0 bridgehead atoms. The summed E-state index contributed by atoms with van der Waals surface area (Å²) < 4.78 is 30.8. The van der Waals surface area contributed by atoms with E-state index in [0.717, 1.165) is 40.0 Å². The average molecular weight is 613 g/mol. The van der Waals surface area contributed by atoms with Crippen molar-refractivity contribution >= 4 is 61.5 Å². The Balaban J connectivity index is 1.20. The third kappa shape index (κ3) is 4.67. The highest BCUT2D eigenvalue weighted by atomic mass is 32.2. The van der Waals surface area contributed by atoms with Gasteiger partial charge in [-0.25, -0.2) is 4.90 Å². The number of carbonyl (C=O) groups is 2. The monoisotopic (exact) mass is 612 g/mol. The lowest BCUT2D eigenvalue weighted by molar-refractivity contribution is -0.125. The molecule has 0 saturated carbocycles. The summed E-state index contributed by atoms with van der Waals surface area (Å²) in [6, 6.07) is 27.3. The topological polar surface area (TPSA) is 99.5 Å². The van der Waals surface area contributed by atoms with E-state index in [0.29, 0.717) is 5.75 Å². The maximum atomic E-state index is 13.4. The van der Waals surface area contributed by atoms with Crippen molar-refractivity contribution in [3.63, 3.8) is 0 Å². The molecule has 3 heterocycles. The molecule has 2 unspecified atom stereocenters. The zero-order chi connectivity index (χ0) is 28.8. The third-order valence-corrected chi connectivity index (χ3v) is 10.9. The van der Waals surface area contributed by atoms with Gasteiger partial charge in [-0.1, -0.05) is 60.3 Å². The van der Waals surface area contributed by atoms with Crippen molar-refractivity contribution in [3.8, 4) is 0 Å². The van der Waals surface area contributed by atoms with Crippen molar-refractivity contribution in [3.05, 3.63) is 118 Å². The number of thiophene rings is 1. The molecule has 1 aromatic heterocycles. The minimum absolute atomic E-state index is 0.00249. The highest BCUT2D eigenvalue weighted by Gasteiger charge is 2.44. The van der Waals surface area contributed by atoms with Crippen molar-refractivity contribution in [1.82, 2.24) is 4.90 Å². The number of rotatable bonds is 5. The zero-order valence-corrected chi connectivity index (χ0v) is 24.6. The molecule has 0 spiro atoms. The van der Waals surface area contributed by atoms with Crippen LogP contribution in [0, 0.1) is 5.92 Å². The van der Waals surface area contributed by atoms with Crippen molar-refractivity contribution in [2.24, 2.45) is 15.4 Å². The van der Waals surface area contributed by atoms with Crippen LogP contribution in [0.25, 0.3) is 0 Å². The second-order valence-corrected chi connectivity index (χ2v) is 13.7. The summed E-state index contributed by atoms with van der Waals surface area (Å²) in [6.07, 6.45) is 1.01. The van der Waals surface area contributed by atoms with E-state index in [4.69, 9.17) is 5.10 Å². The van der Waals surface area contributed by atoms with Crippen molar-refractivity contribution < 1.29 is 18.0 Å². The second-order valence-electron chi connectivity index (χ2n) is 10.1. The molecular weight excluding hydrogens is 589 g/mol. The minimum atomic E-state index is -4.22. The van der Waals surface area contributed by atoms with E-state index < -0.39 is 21.8 Å². The van der Waals surface area contributed by atoms with E-state index in [1.54, 1.807) is 53.8 Å². The summed E-state index contributed by atoms with van der Waals surface area (Å²) in [5, 5.41) is 8.95.